The van der Waals surface area contributed by atoms with Crippen molar-refractivity contribution in [3.8, 4) is 0 Å². The molecule has 2 unspecified atom stereocenters. The van der Waals surface area contributed by atoms with Gasteiger partial charge in [0.25, 0.3) is 0 Å². The van der Waals surface area contributed by atoms with Crippen LogP contribution in [0.2, 0.25) is 0 Å². The summed E-state index contributed by atoms with van der Waals surface area (Å²) in [6.45, 7) is 0.433. The summed E-state index contributed by atoms with van der Waals surface area (Å²) in [6, 6.07) is 6.11. The third kappa shape index (κ3) is 3.68. The first-order valence-electron chi connectivity index (χ1n) is 5.94. The second-order valence-electron chi connectivity index (χ2n) is 4.55. The van der Waals surface area contributed by atoms with Crippen LogP contribution in [0.4, 0.5) is 4.39 Å². The molecule has 1 aliphatic rings. The minimum atomic E-state index is -0.266. The molecule has 1 aliphatic carbocycles. The molecular weight excluding hydrogens is 255 g/mol. The SMILES string of the molecule is Cl.NC1CCCC1C(=O)NCc1ccc(F)cc1. The second-order valence-corrected chi connectivity index (χ2v) is 4.55. The fourth-order valence-electron chi connectivity index (χ4n) is 2.24. The number of hydrogen-bond donors (Lipinski definition) is 2. The Hall–Kier alpha value is -1.13. The van der Waals surface area contributed by atoms with Crippen LogP contribution in [0, 0.1) is 11.7 Å². The standard InChI is InChI=1S/C13H17FN2O.ClH/c14-10-6-4-9(5-7-10)8-16-13(17)11-2-1-3-12(11)15;/h4-7,11-12H,1-3,8,15H2,(H,16,17);1H. The van der Waals surface area contributed by atoms with Crippen molar-refractivity contribution < 1.29 is 9.18 Å². The maximum absolute atomic E-state index is 12.7. The van der Waals surface area contributed by atoms with E-state index in [1.807, 2.05) is 0 Å². The highest BCUT2D eigenvalue weighted by atomic mass is 35.5. The summed E-state index contributed by atoms with van der Waals surface area (Å²) in [5, 5.41) is 2.85. The molecule has 2 atom stereocenters. The van der Waals surface area contributed by atoms with Crippen LogP contribution in [-0.4, -0.2) is 11.9 Å². The zero-order valence-electron chi connectivity index (χ0n) is 10.1. The number of nitrogens with two attached hydrogens (primary N) is 1. The molecule has 1 fully saturated rings. The van der Waals surface area contributed by atoms with Crippen molar-refractivity contribution in [2.75, 3.05) is 0 Å². The van der Waals surface area contributed by atoms with Gasteiger partial charge in [0.2, 0.25) is 5.91 Å². The monoisotopic (exact) mass is 272 g/mol. The second kappa shape index (κ2) is 6.71. The van der Waals surface area contributed by atoms with Crippen LogP contribution >= 0.6 is 12.4 Å². The van der Waals surface area contributed by atoms with Gasteiger partial charge in [-0.1, -0.05) is 18.6 Å². The van der Waals surface area contributed by atoms with Gasteiger partial charge in [-0.15, -0.1) is 12.4 Å². The molecule has 1 amide bonds. The van der Waals surface area contributed by atoms with Crippen LogP contribution in [0.25, 0.3) is 0 Å². The lowest BCUT2D eigenvalue weighted by atomic mass is 10.0. The molecule has 2 rings (SSSR count). The number of rotatable bonds is 3. The highest BCUT2D eigenvalue weighted by Gasteiger charge is 2.29. The number of hydrogen-bond acceptors (Lipinski definition) is 2. The molecule has 3 nitrogen and oxygen atoms in total. The largest absolute Gasteiger partial charge is 0.352 e. The Bertz CT molecular complexity index is 396. The lowest BCUT2D eigenvalue weighted by Gasteiger charge is -2.15. The molecule has 0 radical (unpaired) electrons. The predicted octanol–water partition coefficient (Wildman–Crippen LogP) is 1.99. The Morgan fingerprint density at radius 3 is 2.56 bits per heavy atom. The van der Waals surface area contributed by atoms with Gasteiger partial charge in [-0.25, -0.2) is 4.39 Å². The first-order valence-corrected chi connectivity index (χ1v) is 5.94. The fraction of sp³-hybridized carbons (Fsp3) is 0.462. The molecule has 100 valence electrons. The summed E-state index contributed by atoms with van der Waals surface area (Å²) in [7, 11) is 0. The molecular formula is C13H18ClFN2O. The van der Waals surface area contributed by atoms with Crippen LogP contribution < -0.4 is 11.1 Å². The van der Waals surface area contributed by atoms with Gasteiger partial charge in [-0.2, -0.15) is 0 Å². The first kappa shape index (κ1) is 14.9. The van der Waals surface area contributed by atoms with Gasteiger partial charge in [0.1, 0.15) is 5.82 Å². The number of halogens is 2. The van der Waals surface area contributed by atoms with Gasteiger partial charge < -0.3 is 11.1 Å². The maximum Gasteiger partial charge on any atom is 0.224 e. The Labute approximate surface area is 112 Å². The van der Waals surface area contributed by atoms with Gasteiger partial charge in [0.05, 0.1) is 5.92 Å². The quantitative estimate of drug-likeness (QED) is 0.884. The highest BCUT2D eigenvalue weighted by Crippen LogP contribution is 2.23. The highest BCUT2D eigenvalue weighted by molar-refractivity contribution is 5.85. The molecule has 0 spiro atoms. The summed E-state index contributed by atoms with van der Waals surface area (Å²) < 4.78 is 12.7. The maximum atomic E-state index is 12.7. The number of benzene rings is 1. The Balaban J connectivity index is 0.00000162. The molecule has 1 saturated carbocycles. The third-order valence-electron chi connectivity index (χ3n) is 3.29. The summed E-state index contributed by atoms with van der Waals surface area (Å²) in [4.78, 5) is 11.8. The van der Waals surface area contributed by atoms with E-state index in [0.29, 0.717) is 6.54 Å². The molecule has 5 heteroatoms. The minimum absolute atomic E-state index is 0. The van der Waals surface area contributed by atoms with Crippen LogP contribution in [-0.2, 0) is 11.3 Å². The normalized spacial score (nSPS) is 22.3. The van der Waals surface area contributed by atoms with Crippen molar-refractivity contribution in [3.05, 3.63) is 35.6 Å². The van der Waals surface area contributed by atoms with E-state index in [4.69, 9.17) is 5.73 Å². The lowest BCUT2D eigenvalue weighted by Crippen LogP contribution is -2.38. The number of carbonyl (C=O) groups is 1. The molecule has 0 aromatic heterocycles. The Morgan fingerprint density at radius 2 is 2.00 bits per heavy atom. The van der Waals surface area contributed by atoms with Crippen LogP contribution in [0.3, 0.4) is 0 Å². The van der Waals surface area contributed by atoms with E-state index >= 15 is 0 Å². The van der Waals surface area contributed by atoms with Crippen LogP contribution in [0.5, 0.6) is 0 Å². The average molecular weight is 273 g/mol. The van der Waals surface area contributed by atoms with E-state index in [9.17, 15) is 9.18 Å². The number of carbonyl (C=O) groups excluding carboxylic acids is 1. The van der Waals surface area contributed by atoms with Crippen LogP contribution in [0.1, 0.15) is 24.8 Å². The van der Waals surface area contributed by atoms with Gasteiger partial charge >= 0.3 is 0 Å². The zero-order chi connectivity index (χ0) is 12.3. The molecule has 3 N–H and O–H groups in total. The average Bonchev–Trinajstić information content (AvgIpc) is 2.74. The lowest BCUT2D eigenvalue weighted by molar-refractivity contribution is -0.125. The summed E-state index contributed by atoms with van der Waals surface area (Å²) >= 11 is 0. The molecule has 0 saturated heterocycles. The van der Waals surface area contributed by atoms with Gasteiger partial charge in [-0.3, -0.25) is 4.79 Å². The van der Waals surface area contributed by atoms with Crippen molar-refractivity contribution in [2.24, 2.45) is 11.7 Å². The van der Waals surface area contributed by atoms with E-state index < -0.39 is 0 Å². The number of nitrogens with one attached hydrogen (secondary N) is 1. The number of amides is 1. The van der Waals surface area contributed by atoms with Crippen molar-refractivity contribution in [2.45, 2.75) is 31.8 Å². The molecule has 18 heavy (non-hydrogen) atoms. The van der Waals surface area contributed by atoms with Crippen molar-refractivity contribution in [1.82, 2.24) is 5.32 Å². The summed E-state index contributed by atoms with van der Waals surface area (Å²) in [5.41, 5.74) is 6.75. The molecule has 1 aromatic rings. The van der Waals surface area contributed by atoms with E-state index in [1.165, 1.54) is 12.1 Å². The molecule has 1 aromatic carbocycles. The Morgan fingerprint density at radius 1 is 1.33 bits per heavy atom. The van der Waals surface area contributed by atoms with Crippen molar-refractivity contribution in [1.29, 1.82) is 0 Å². The van der Waals surface area contributed by atoms with Gasteiger partial charge in [0.15, 0.2) is 0 Å². The summed E-state index contributed by atoms with van der Waals surface area (Å²) in [6.07, 6.45) is 2.82. The minimum Gasteiger partial charge on any atom is -0.352 e. The van der Waals surface area contributed by atoms with Crippen molar-refractivity contribution >= 4 is 18.3 Å². The van der Waals surface area contributed by atoms with E-state index in [-0.39, 0.29) is 36.1 Å². The molecule has 0 aliphatic heterocycles. The topological polar surface area (TPSA) is 55.1 Å². The van der Waals surface area contributed by atoms with Gasteiger partial charge in [-0.05, 0) is 30.5 Å². The Kier molecular flexibility index (Phi) is 5.56. The summed E-state index contributed by atoms with van der Waals surface area (Å²) in [5.74, 6) is -0.312. The first-order chi connectivity index (χ1) is 8.16. The fourth-order valence-corrected chi connectivity index (χ4v) is 2.24. The molecule has 0 heterocycles. The van der Waals surface area contributed by atoms with E-state index in [2.05, 4.69) is 5.32 Å². The zero-order valence-corrected chi connectivity index (χ0v) is 10.9. The molecule has 0 bridgehead atoms. The van der Waals surface area contributed by atoms with Crippen molar-refractivity contribution in [3.63, 3.8) is 0 Å². The third-order valence-corrected chi connectivity index (χ3v) is 3.29. The van der Waals surface area contributed by atoms with E-state index in [1.54, 1.807) is 12.1 Å². The van der Waals surface area contributed by atoms with Crippen LogP contribution in [0.15, 0.2) is 24.3 Å². The predicted molar refractivity (Wildman–Crippen MR) is 70.8 cm³/mol. The van der Waals surface area contributed by atoms with E-state index in [0.717, 1.165) is 24.8 Å². The smallest absolute Gasteiger partial charge is 0.224 e. The van der Waals surface area contributed by atoms with Gasteiger partial charge in [0, 0.05) is 12.6 Å².